The standard InChI is InChI=1S/C23H29N7O2/c1-29-7-6-14-9-20(32-2)19(8-16(14)12-29)27-23-25-10-17-11-26-30(22(17)28-23)13-15-4-3-5-18(15)21(24)31/h8-11,15,18H,3-7,12-13H2,1-2H3,(H2,24,31)(H,25,27,28)/t15-,18+/m0/s1. The number of nitrogens with one attached hydrogen (secondary N) is 1. The number of benzene rings is 1. The number of hydrogen-bond acceptors (Lipinski definition) is 7. The van der Waals surface area contributed by atoms with Crippen LogP contribution in [0.5, 0.6) is 5.75 Å². The van der Waals surface area contributed by atoms with Crippen LogP contribution >= 0.6 is 0 Å². The minimum absolute atomic E-state index is 0.0911. The van der Waals surface area contributed by atoms with E-state index in [1.54, 1.807) is 19.5 Å². The van der Waals surface area contributed by atoms with E-state index in [4.69, 9.17) is 15.5 Å². The second-order valence-corrected chi connectivity index (χ2v) is 8.93. The van der Waals surface area contributed by atoms with E-state index in [-0.39, 0.29) is 17.7 Å². The number of nitrogens with two attached hydrogens (primary N) is 1. The summed E-state index contributed by atoms with van der Waals surface area (Å²) < 4.78 is 7.50. The number of carbonyl (C=O) groups excluding carboxylic acids is 1. The van der Waals surface area contributed by atoms with E-state index in [0.717, 1.165) is 61.2 Å². The molecule has 1 saturated carbocycles. The molecule has 3 heterocycles. The Labute approximate surface area is 187 Å². The molecule has 2 atom stereocenters. The van der Waals surface area contributed by atoms with Crippen LogP contribution in [0.1, 0.15) is 30.4 Å². The van der Waals surface area contributed by atoms with Gasteiger partial charge in [-0.2, -0.15) is 10.1 Å². The number of anilines is 2. The Balaban J connectivity index is 1.43. The number of likely N-dealkylation sites (N-methyl/N-ethyl adjacent to an activating group) is 1. The Morgan fingerprint density at radius 1 is 1.28 bits per heavy atom. The minimum atomic E-state index is -0.217. The van der Waals surface area contributed by atoms with Crippen molar-refractivity contribution in [2.75, 3.05) is 26.0 Å². The third kappa shape index (κ3) is 3.88. The van der Waals surface area contributed by atoms with Crippen molar-refractivity contribution < 1.29 is 9.53 Å². The molecule has 0 radical (unpaired) electrons. The number of ether oxygens (including phenoxy) is 1. The van der Waals surface area contributed by atoms with Gasteiger partial charge in [-0.25, -0.2) is 9.67 Å². The lowest BCUT2D eigenvalue weighted by molar-refractivity contribution is -0.122. The minimum Gasteiger partial charge on any atom is -0.495 e. The van der Waals surface area contributed by atoms with Crippen LogP contribution in [0.4, 0.5) is 11.6 Å². The number of primary amides is 1. The number of carbonyl (C=O) groups is 1. The molecule has 1 aliphatic carbocycles. The first-order chi connectivity index (χ1) is 15.5. The topological polar surface area (TPSA) is 111 Å². The molecule has 9 nitrogen and oxygen atoms in total. The Hall–Kier alpha value is -3.20. The maximum atomic E-state index is 11.8. The predicted octanol–water partition coefficient (Wildman–Crippen LogP) is 2.47. The van der Waals surface area contributed by atoms with Gasteiger partial charge in [0.2, 0.25) is 11.9 Å². The van der Waals surface area contributed by atoms with Gasteiger partial charge in [0.05, 0.1) is 24.4 Å². The number of nitrogens with zero attached hydrogens (tertiary/aromatic N) is 5. The van der Waals surface area contributed by atoms with Crippen LogP contribution in [0.15, 0.2) is 24.5 Å². The highest BCUT2D eigenvalue weighted by molar-refractivity contribution is 5.78. The summed E-state index contributed by atoms with van der Waals surface area (Å²) in [7, 11) is 3.81. The Bertz CT molecular complexity index is 1160. The lowest BCUT2D eigenvalue weighted by Crippen LogP contribution is -2.28. The first kappa shape index (κ1) is 20.7. The largest absolute Gasteiger partial charge is 0.495 e. The highest BCUT2D eigenvalue weighted by Crippen LogP contribution is 2.34. The van der Waals surface area contributed by atoms with Gasteiger partial charge in [-0.15, -0.1) is 0 Å². The van der Waals surface area contributed by atoms with Crippen LogP contribution in [-0.4, -0.2) is 51.3 Å². The van der Waals surface area contributed by atoms with Gasteiger partial charge >= 0.3 is 0 Å². The van der Waals surface area contributed by atoms with Gasteiger partial charge in [0, 0.05) is 31.7 Å². The number of amides is 1. The van der Waals surface area contributed by atoms with Crippen LogP contribution in [0.3, 0.4) is 0 Å². The molecule has 1 amide bonds. The van der Waals surface area contributed by atoms with Gasteiger partial charge in [0.15, 0.2) is 5.65 Å². The monoisotopic (exact) mass is 435 g/mol. The molecule has 168 valence electrons. The molecule has 1 fully saturated rings. The van der Waals surface area contributed by atoms with Crippen LogP contribution in [0, 0.1) is 11.8 Å². The molecule has 1 aromatic carbocycles. The highest BCUT2D eigenvalue weighted by atomic mass is 16.5. The SMILES string of the molecule is COc1cc2c(cc1Nc1ncc3cnn(C[C@@H]4CCC[C@H]4C(N)=O)c3n1)CN(C)CC2. The van der Waals surface area contributed by atoms with Gasteiger partial charge in [0.25, 0.3) is 0 Å². The smallest absolute Gasteiger partial charge is 0.229 e. The maximum Gasteiger partial charge on any atom is 0.229 e. The number of hydrogen-bond donors (Lipinski definition) is 2. The van der Waals surface area contributed by atoms with Crippen molar-refractivity contribution in [3.63, 3.8) is 0 Å². The summed E-state index contributed by atoms with van der Waals surface area (Å²) in [6.07, 6.45) is 7.40. The Kier molecular flexibility index (Phi) is 5.42. The van der Waals surface area contributed by atoms with Crippen molar-refractivity contribution >= 4 is 28.6 Å². The van der Waals surface area contributed by atoms with Crippen molar-refractivity contribution in [2.45, 2.75) is 38.8 Å². The van der Waals surface area contributed by atoms with Crippen LogP contribution in [0.25, 0.3) is 11.0 Å². The van der Waals surface area contributed by atoms with E-state index in [1.165, 1.54) is 11.1 Å². The molecule has 2 aromatic heterocycles. The molecule has 2 aliphatic rings. The summed E-state index contributed by atoms with van der Waals surface area (Å²) in [5.41, 5.74) is 9.80. The molecule has 5 rings (SSSR count). The average molecular weight is 436 g/mol. The molecule has 3 aromatic rings. The second kappa shape index (κ2) is 8.38. The second-order valence-electron chi connectivity index (χ2n) is 8.93. The zero-order valence-corrected chi connectivity index (χ0v) is 18.5. The van der Waals surface area contributed by atoms with E-state index in [9.17, 15) is 4.79 Å². The quantitative estimate of drug-likeness (QED) is 0.612. The van der Waals surface area contributed by atoms with E-state index in [2.05, 4.69) is 39.5 Å². The molecule has 1 aliphatic heterocycles. The Morgan fingerprint density at radius 2 is 2.16 bits per heavy atom. The van der Waals surface area contributed by atoms with E-state index < -0.39 is 0 Å². The zero-order chi connectivity index (χ0) is 22.2. The van der Waals surface area contributed by atoms with Gasteiger partial charge in [0.1, 0.15) is 5.75 Å². The average Bonchev–Trinajstić information content (AvgIpc) is 3.41. The summed E-state index contributed by atoms with van der Waals surface area (Å²) in [5.74, 6) is 1.15. The third-order valence-corrected chi connectivity index (χ3v) is 6.78. The van der Waals surface area contributed by atoms with Crippen LogP contribution in [-0.2, 0) is 24.3 Å². The van der Waals surface area contributed by atoms with Crippen molar-refractivity contribution in [1.82, 2.24) is 24.6 Å². The molecule has 0 unspecified atom stereocenters. The van der Waals surface area contributed by atoms with E-state index in [0.29, 0.717) is 12.5 Å². The number of methoxy groups -OCH3 is 1. The van der Waals surface area contributed by atoms with Gasteiger partial charge in [-0.1, -0.05) is 6.42 Å². The molecule has 32 heavy (non-hydrogen) atoms. The van der Waals surface area contributed by atoms with Gasteiger partial charge < -0.3 is 20.7 Å². The van der Waals surface area contributed by atoms with E-state index in [1.807, 2.05) is 4.68 Å². The van der Waals surface area contributed by atoms with Gasteiger partial charge in [-0.05, 0) is 55.5 Å². The summed E-state index contributed by atoms with van der Waals surface area (Å²) in [5, 5.41) is 8.71. The normalized spacial score (nSPS) is 20.9. The maximum absolute atomic E-state index is 11.8. The van der Waals surface area contributed by atoms with Crippen LogP contribution in [0.2, 0.25) is 0 Å². The highest BCUT2D eigenvalue weighted by Gasteiger charge is 2.32. The predicted molar refractivity (Wildman–Crippen MR) is 122 cm³/mol. The molecule has 3 N–H and O–H groups in total. The molecular weight excluding hydrogens is 406 g/mol. The summed E-state index contributed by atoms with van der Waals surface area (Å²) in [6.45, 7) is 2.58. The fraction of sp³-hybridized carbons (Fsp3) is 0.478. The van der Waals surface area contributed by atoms with Crippen molar-refractivity contribution in [3.05, 3.63) is 35.7 Å². The van der Waals surface area contributed by atoms with Crippen molar-refractivity contribution in [1.29, 1.82) is 0 Å². The van der Waals surface area contributed by atoms with Crippen LogP contribution < -0.4 is 15.8 Å². The summed E-state index contributed by atoms with van der Waals surface area (Å²) in [6, 6.07) is 4.24. The fourth-order valence-electron chi connectivity index (χ4n) is 5.03. The lowest BCUT2D eigenvalue weighted by atomic mass is 9.95. The molecular formula is C23H29N7O2. The van der Waals surface area contributed by atoms with E-state index >= 15 is 0 Å². The van der Waals surface area contributed by atoms with Crippen molar-refractivity contribution in [3.8, 4) is 5.75 Å². The number of rotatable bonds is 6. The molecule has 0 saturated heterocycles. The fourth-order valence-corrected chi connectivity index (χ4v) is 5.03. The first-order valence-corrected chi connectivity index (χ1v) is 11.1. The first-order valence-electron chi connectivity index (χ1n) is 11.1. The van der Waals surface area contributed by atoms with Gasteiger partial charge in [-0.3, -0.25) is 4.79 Å². The zero-order valence-electron chi connectivity index (χ0n) is 18.5. The molecule has 9 heteroatoms. The number of fused-ring (bicyclic) bond motifs is 2. The third-order valence-electron chi connectivity index (χ3n) is 6.78. The summed E-state index contributed by atoms with van der Waals surface area (Å²) in [4.78, 5) is 23.3. The molecule has 0 bridgehead atoms. The molecule has 0 spiro atoms. The Morgan fingerprint density at radius 3 is 2.97 bits per heavy atom. The lowest BCUT2D eigenvalue weighted by Gasteiger charge is -2.26. The summed E-state index contributed by atoms with van der Waals surface area (Å²) >= 11 is 0. The van der Waals surface area contributed by atoms with Crippen molar-refractivity contribution in [2.24, 2.45) is 17.6 Å². The number of aromatic nitrogens is 4.